The Bertz CT molecular complexity index is 1040. The van der Waals surface area contributed by atoms with Crippen LogP contribution in [-0.4, -0.2) is 57.9 Å². The third-order valence-corrected chi connectivity index (χ3v) is 7.47. The van der Waals surface area contributed by atoms with Crippen molar-refractivity contribution in [3.63, 3.8) is 0 Å². The highest BCUT2D eigenvalue weighted by atomic mass is 79.9. The van der Waals surface area contributed by atoms with E-state index in [1.165, 1.54) is 17.4 Å². The van der Waals surface area contributed by atoms with E-state index in [0.29, 0.717) is 31.7 Å². The molecule has 0 radical (unpaired) electrons. The van der Waals surface area contributed by atoms with E-state index in [9.17, 15) is 14.7 Å². The van der Waals surface area contributed by atoms with Crippen LogP contribution >= 0.6 is 38.6 Å². The molecule has 1 fully saturated rings. The van der Waals surface area contributed by atoms with Gasteiger partial charge in [-0.25, -0.2) is 4.98 Å². The Kier molecular flexibility index (Phi) is 5.98. The van der Waals surface area contributed by atoms with E-state index in [1.807, 2.05) is 16.8 Å². The molecule has 0 bridgehead atoms. The molecule has 9 heteroatoms. The molecule has 6 nitrogen and oxygen atoms in total. The number of phenols is 1. The number of halogens is 1. The Hall–Kier alpha value is -2.23. The van der Waals surface area contributed by atoms with Gasteiger partial charge in [-0.2, -0.15) is 0 Å². The van der Waals surface area contributed by atoms with Crippen LogP contribution in [0, 0.1) is 0 Å². The van der Waals surface area contributed by atoms with Crippen molar-refractivity contribution in [2.24, 2.45) is 0 Å². The zero-order valence-corrected chi connectivity index (χ0v) is 18.6. The molecular weight excluding hydrogens is 474 g/mol. The molecule has 1 N–H and O–H groups in total. The summed E-state index contributed by atoms with van der Waals surface area (Å²) in [6.45, 7) is 1.86. The Morgan fingerprint density at radius 1 is 1.07 bits per heavy atom. The van der Waals surface area contributed by atoms with Crippen molar-refractivity contribution in [1.82, 2.24) is 14.8 Å². The highest BCUT2D eigenvalue weighted by Crippen LogP contribution is 2.32. The number of benzene rings is 1. The lowest BCUT2D eigenvalue weighted by atomic mass is 10.1. The maximum absolute atomic E-state index is 12.7. The molecule has 150 valence electrons. The van der Waals surface area contributed by atoms with E-state index in [1.54, 1.807) is 39.3 Å². The summed E-state index contributed by atoms with van der Waals surface area (Å²) in [7, 11) is 0. The fourth-order valence-electron chi connectivity index (χ4n) is 3.18. The predicted octanol–water partition coefficient (Wildman–Crippen LogP) is 3.87. The quantitative estimate of drug-likeness (QED) is 0.601. The van der Waals surface area contributed by atoms with Gasteiger partial charge in [0.2, 0.25) is 5.91 Å². The normalized spacial score (nSPS) is 14.2. The van der Waals surface area contributed by atoms with Crippen LogP contribution in [0.25, 0.3) is 9.88 Å². The molecule has 0 saturated carbocycles. The lowest BCUT2D eigenvalue weighted by Crippen LogP contribution is -2.51. The third-order valence-electron chi connectivity index (χ3n) is 4.72. The first-order valence-electron chi connectivity index (χ1n) is 9.05. The van der Waals surface area contributed by atoms with Gasteiger partial charge in [0.25, 0.3) is 5.91 Å². The van der Waals surface area contributed by atoms with Gasteiger partial charge in [0, 0.05) is 41.4 Å². The second kappa shape index (κ2) is 8.64. The van der Waals surface area contributed by atoms with Crippen LogP contribution in [0.15, 0.2) is 45.6 Å². The largest absolute Gasteiger partial charge is 0.507 e. The van der Waals surface area contributed by atoms with Crippen LogP contribution < -0.4 is 0 Å². The topological polar surface area (TPSA) is 73.7 Å². The SMILES string of the molecule is O=C(Cc1csc(-c2cc(Br)cs2)n1)N1CCN(C(=O)c2ccccc2O)CC1. The van der Waals surface area contributed by atoms with Crippen molar-refractivity contribution in [1.29, 1.82) is 0 Å². The summed E-state index contributed by atoms with van der Waals surface area (Å²) < 4.78 is 1.03. The molecule has 1 saturated heterocycles. The van der Waals surface area contributed by atoms with Crippen LogP contribution in [0.4, 0.5) is 0 Å². The Balaban J connectivity index is 1.33. The zero-order chi connectivity index (χ0) is 20.4. The first-order valence-corrected chi connectivity index (χ1v) is 11.6. The van der Waals surface area contributed by atoms with Gasteiger partial charge in [-0.05, 0) is 34.1 Å². The molecule has 3 heterocycles. The van der Waals surface area contributed by atoms with Gasteiger partial charge in [0.1, 0.15) is 10.8 Å². The number of nitrogens with zero attached hydrogens (tertiary/aromatic N) is 3. The van der Waals surface area contributed by atoms with Gasteiger partial charge in [-0.3, -0.25) is 9.59 Å². The molecule has 0 atom stereocenters. The second-order valence-electron chi connectivity index (χ2n) is 6.64. The number of para-hydroxylation sites is 1. The predicted molar refractivity (Wildman–Crippen MR) is 117 cm³/mol. The number of amides is 2. The number of piperazine rings is 1. The standard InChI is InChI=1S/C20H18BrN3O3S2/c21-13-9-17(28-11-13)19-22-14(12-29-19)10-18(26)23-5-7-24(8-6-23)20(27)15-3-1-2-4-16(15)25/h1-4,9,11-12,25H,5-8,10H2. The summed E-state index contributed by atoms with van der Waals surface area (Å²) in [6.07, 6.45) is 0.260. The number of thiazole rings is 1. The smallest absolute Gasteiger partial charge is 0.257 e. The van der Waals surface area contributed by atoms with Crippen molar-refractivity contribution in [3.05, 3.63) is 56.8 Å². The number of hydrogen-bond donors (Lipinski definition) is 1. The van der Waals surface area contributed by atoms with Gasteiger partial charge in [0.15, 0.2) is 0 Å². The highest BCUT2D eigenvalue weighted by molar-refractivity contribution is 9.10. The first-order chi connectivity index (χ1) is 14.0. The van der Waals surface area contributed by atoms with Crippen molar-refractivity contribution in [2.45, 2.75) is 6.42 Å². The zero-order valence-electron chi connectivity index (χ0n) is 15.4. The third kappa shape index (κ3) is 4.52. The number of carbonyl (C=O) groups is 2. The minimum Gasteiger partial charge on any atom is -0.507 e. The van der Waals surface area contributed by atoms with Crippen LogP contribution in [-0.2, 0) is 11.2 Å². The number of carbonyl (C=O) groups excluding carboxylic acids is 2. The lowest BCUT2D eigenvalue weighted by Gasteiger charge is -2.34. The van der Waals surface area contributed by atoms with Gasteiger partial charge in [-0.1, -0.05) is 12.1 Å². The number of aromatic hydroxyl groups is 1. The number of aromatic nitrogens is 1. The van der Waals surface area contributed by atoms with Crippen molar-refractivity contribution < 1.29 is 14.7 Å². The Morgan fingerprint density at radius 3 is 2.48 bits per heavy atom. The minimum absolute atomic E-state index is 0.0175. The molecule has 1 aliphatic rings. The Labute approximate surface area is 184 Å². The summed E-state index contributed by atoms with van der Waals surface area (Å²) in [5, 5.41) is 14.7. The van der Waals surface area contributed by atoms with E-state index in [-0.39, 0.29) is 24.0 Å². The van der Waals surface area contributed by atoms with E-state index in [4.69, 9.17) is 0 Å². The molecule has 1 aromatic carbocycles. The van der Waals surface area contributed by atoms with Gasteiger partial charge in [0.05, 0.1) is 22.6 Å². The van der Waals surface area contributed by atoms with Crippen LogP contribution in [0.2, 0.25) is 0 Å². The van der Waals surface area contributed by atoms with E-state index < -0.39 is 0 Å². The fourth-order valence-corrected chi connectivity index (χ4v) is 5.50. The second-order valence-corrected chi connectivity index (χ2v) is 9.33. The average Bonchev–Trinajstić information content (AvgIpc) is 3.37. The Morgan fingerprint density at radius 2 is 1.79 bits per heavy atom. The van der Waals surface area contributed by atoms with Crippen molar-refractivity contribution >= 4 is 50.4 Å². The maximum atomic E-state index is 12.7. The summed E-state index contributed by atoms with van der Waals surface area (Å²) in [5.41, 5.74) is 1.06. The molecule has 1 aliphatic heterocycles. The van der Waals surface area contributed by atoms with Gasteiger partial charge in [-0.15, -0.1) is 22.7 Å². The summed E-state index contributed by atoms with van der Waals surface area (Å²) in [4.78, 5) is 34.4. The number of thiophene rings is 1. The van der Waals surface area contributed by atoms with E-state index in [0.717, 1.165) is 20.1 Å². The first kappa shape index (κ1) is 20.1. The van der Waals surface area contributed by atoms with E-state index >= 15 is 0 Å². The number of phenolic OH excluding ortho intramolecular Hbond substituents is 1. The lowest BCUT2D eigenvalue weighted by molar-refractivity contribution is -0.132. The molecule has 3 aromatic rings. The van der Waals surface area contributed by atoms with E-state index in [2.05, 4.69) is 20.9 Å². The summed E-state index contributed by atoms with van der Waals surface area (Å²) in [5.74, 6) is -0.210. The molecule has 0 aliphatic carbocycles. The summed E-state index contributed by atoms with van der Waals surface area (Å²) >= 11 is 6.60. The molecule has 4 rings (SSSR count). The summed E-state index contributed by atoms with van der Waals surface area (Å²) in [6, 6.07) is 8.55. The van der Waals surface area contributed by atoms with Crippen LogP contribution in [0.3, 0.4) is 0 Å². The van der Waals surface area contributed by atoms with Crippen molar-refractivity contribution in [3.8, 4) is 15.6 Å². The van der Waals surface area contributed by atoms with Crippen molar-refractivity contribution in [2.75, 3.05) is 26.2 Å². The monoisotopic (exact) mass is 491 g/mol. The van der Waals surface area contributed by atoms with Gasteiger partial charge >= 0.3 is 0 Å². The van der Waals surface area contributed by atoms with Crippen LogP contribution in [0.1, 0.15) is 16.1 Å². The molecule has 2 aromatic heterocycles. The minimum atomic E-state index is -0.207. The molecule has 0 spiro atoms. The number of rotatable bonds is 4. The highest BCUT2D eigenvalue weighted by Gasteiger charge is 2.26. The molecular formula is C20H18BrN3O3S2. The maximum Gasteiger partial charge on any atom is 0.257 e. The van der Waals surface area contributed by atoms with Gasteiger partial charge < -0.3 is 14.9 Å². The molecule has 0 unspecified atom stereocenters. The van der Waals surface area contributed by atoms with Crippen LogP contribution in [0.5, 0.6) is 5.75 Å². The molecule has 2 amide bonds. The fraction of sp³-hybridized carbons (Fsp3) is 0.250. The molecule has 29 heavy (non-hydrogen) atoms. The number of hydrogen-bond acceptors (Lipinski definition) is 6. The average molecular weight is 492 g/mol.